The second kappa shape index (κ2) is 6.96. The smallest absolute Gasteiger partial charge is 0.330 e. The number of para-hydroxylation sites is 1. The van der Waals surface area contributed by atoms with Crippen LogP contribution in [0.4, 0.5) is 5.69 Å². The minimum absolute atomic E-state index is 0.161. The summed E-state index contributed by atoms with van der Waals surface area (Å²) < 4.78 is 1.23. The quantitative estimate of drug-likeness (QED) is 0.784. The number of nitrogens with zero attached hydrogens (tertiary/aromatic N) is 1. The molecule has 1 aliphatic heterocycles. The number of carbonyl (C=O) groups is 1. The van der Waals surface area contributed by atoms with Gasteiger partial charge in [-0.1, -0.05) is 12.1 Å². The van der Waals surface area contributed by atoms with Crippen LogP contribution in [0.3, 0.4) is 0 Å². The molecular formula is C16H23IN2O2. The first-order valence-corrected chi connectivity index (χ1v) is 8.42. The molecule has 0 aliphatic carbocycles. The standard InChI is InChI=1S/C16H23IN2O2/c1-16(2,3)15(20)21-19-10-8-12(9-11-19)18-14-7-5-4-6-13(14)17/h4-7,12,18H,8-11H2,1-3H3. The van der Waals surface area contributed by atoms with Crippen molar-refractivity contribution in [2.24, 2.45) is 5.41 Å². The van der Waals surface area contributed by atoms with Crippen LogP contribution < -0.4 is 5.32 Å². The molecule has 1 saturated heterocycles. The molecule has 1 aromatic rings. The third kappa shape index (κ3) is 4.85. The summed E-state index contributed by atoms with van der Waals surface area (Å²) in [5.41, 5.74) is 0.734. The van der Waals surface area contributed by atoms with Gasteiger partial charge in [0.25, 0.3) is 0 Å². The van der Waals surface area contributed by atoms with Gasteiger partial charge in [0.1, 0.15) is 0 Å². The lowest BCUT2D eigenvalue weighted by Crippen LogP contribution is -2.42. The molecule has 21 heavy (non-hydrogen) atoms. The molecule has 0 bridgehead atoms. The Balaban J connectivity index is 1.81. The number of benzene rings is 1. The molecule has 116 valence electrons. The fourth-order valence-electron chi connectivity index (χ4n) is 2.14. The van der Waals surface area contributed by atoms with E-state index in [-0.39, 0.29) is 5.97 Å². The zero-order chi connectivity index (χ0) is 15.5. The van der Waals surface area contributed by atoms with E-state index in [1.165, 1.54) is 9.26 Å². The maximum atomic E-state index is 11.9. The van der Waals surface area contributed by atoms with Gasteiger partial charge in [0.05, 0.1) is 5.41 Å². The maximum absolute atomic E-state index is 11.9. The zero-order valence-corrected chi connectivity index (χ0v) is 15.0. The zero-order valence-electron chi connectivity index (χ0n) is 12.9. The lowest BCUT2D eigenvalue weighted by atomic mass is 9.98. The number of hydrogen-bond acceptors (Lipinski definition) is 4. The van der Waals surface area contributed by atoms with Gasteiger partial charge in [0, 0.05) is 28.4 Å². The fourth-order valence-corrected chi connectivity index (χ4v) is 2.69. The largest absolute Gasteiger partial charge is 0.381 e. The highest BCUT2D eigenvalue weighted by Gasteiger charge is 2.28. The molecule has 4 nitrogen and oxygen atoms in total. The Labute approximate surface area is 140 Å². The van der Waals surface area contributed by atoms with Gasteiger partial charge >= 0.3 is 5.97 Å². The van der Waals surface area contributed by atoms with Crippen LogP contribution >= 0.6 is 22.6 Å². The van der Waals surface area contributed by atoms with Crippen LogP contribution in [0.2, 0.25) is 0 Å². The van der Waals surface area contributed by atoms with Crippen LogP contribution in [0.15, 0.2) is 24.3 Å². The maximum Gasteiger partial charge on any atom is 0.330 e. The van der Waals surface area contributed by atoms with E-state index in [4.69, 9.17) is 4.84 Å². The van der Waals surface area contributed by atoms with Crippen molar-refractivity contribution in [2.45, 2.75) is 39.7 Å². The third-order valence-electron chi connectivity index (χ3n) is 3.51. The van der Waals surface area contributed by atoms with E-state index >= 15 is 0 Å². The van der Waals surface area contributed by atoms with Gasteiger partial charge in [-0.15, -0.1) is 5.06 Å². The number of carbonyl (C=O) groups excluding carboxylic acids is 1. The van der Waals surface area contributed by atoms with Gasteiger partial charge in [0.2, 0.25) is 0 Å². The van der Waals surface area contributed by atoms with Gasteiger partial charge in [-0.05, 0) is 68.3 Å². The van der Waals surface area contributed by atoms with Crippen LogP contribution in [-0.4, -0.2) is 30.2 Å². The molecule has 0 amide bonds. The second-order valence-corrected chi connectivity index (χ2v) is 7.62. The molecule has 0 atom stereocenters. The van der Waals surface area contributed by atoms with Crippen LogP contribution in [0.1, 0.15) is 33.6 Å². The molecule has 0 spiro atoms. The lowest BCUT2D eigenvalue weighted by molar-refractivity contribution is -0.204. The summed E-state index contributed by atoms with van der Waals surface area (Å²) in [6, 6.07) is 8.73. The molecule has 1 aliphatic rings. The summed E-state index contributed by atoms with van der Waals surface area (Å²) in [7, 11) is 0. The Morgan fingerprint density at radius 1 is 1.29 bits per heavy atom. The van der Waals surface area contributed by atoms with Crippen molar-refractivity contribution in [1.82, 2.24) is 5.06 Å². The number of nitrogens with one attached hydrogen (secondary N) is 1. The highest BCUT2D eigenvalue weighted by atomic mass is 127. The monoisotopic (exact) mass is 402 g/mol. The average molecular weight is 402 g/mol. The predicted molar refractivity (Wildman–Crippen MR) is 92.9 cm³/mol. The van der Waals surface area contributed by atoms with Crippen LogP contribution in [0.5, 0.6) is 0 Å². The highest BCUT2D eigenvalue weighted by molar-refractivity contribution is 14.1. The van der Waals surface area contributed by atoms with Gasteiger partial charge in [-0.2, -0.15) is 0 Å². The van der Waals surface area contributed by atoms with E-state index in [1.54, 1.807) is 5.06 Å². The molecule has 0 unspecified atom stereocenters. The molecule has 5 heteroatoms. The van der Waals surface area contributed by atoms with E-state index in [1.807, 2.05) is 32.9 Å². The average Bonchev–Trinajstić information content (AvgIpc) is 2.42. The fraction of sp³-hybridized carbons (Fsp3) is 0.562. The molecule has 0 saturated carbocycles. The van der Waals surface area contributed by atoms with E-state index in [0.717, 1.165) is 25.9 Å². The molecule has 1 fully saturated rings. The molecule has 1 N–H and O–H groups in total. The molecule has 1 aromatic carbocycles. The first kappa shape index (κ1) is 16.5. The van der Waals surface area contributed by atoms with E-state index < -0.39 is 5.41 Å². The summed E-state index contributed by atoms with van der Waals surface area (Å²) in [5, 5.41) is 5.37. The number of piperidine rings is 1. The number of anilines is 1. The lowest BCUT2D eigenvalue weighted by Gasteiger charge is -2.33. The van der Waals surface area contributed by atoms with E-state index in [9.17, 15) is 4.79 Å². The van der Waals surface area contributed by atoms with Crippen molar-refractivity contribution < 1.29 is 9.63 Å². The summed E-state index contributed by atoms with van der Waals surface area (Å²) in [6.45, 7) is 7.19. The summed E-state index contributed by atoms with van der Waals surface area (Å²) >= 11 is 2.34. The number of rotatable bonds is 3. The van der Waals surface area contributed by atoms with Gasteiger partial charge in [-0.25, -0.2) is 4.79 Å². The molecular weight excluding hydrogens is 379 g/mol. The molecule has 0 aromatic heterocycles. The van der Waals surface area contributed by atoms with Crippen molar-refractivity contribution in [2.75, 3.05) is 18.4 Å². The van der Waals surface area contributed by atoms with Crippen LogP contribution in [0, 0.1) is 8.99 Å². The van der Waals surface area contributed by atoms with Crippen LogP contribution in [0.25, 0.3) is 0 Å². The highest BCUT2D eigenvalue weighted by Crippen LogP contribution is 2.23. The van der Waals surface area contributed by atoms with Crippen molar-refractivity contribution in [3.63, 3.8) is 0 Å². The minimum atomic E-state index is -0.449. The number of hydrogen-bond donors (Lipinski definition) is 1. The summed E-state index contributed by atoms with van der Waals surface area (Å²) in [4.78, 5) is 17.3. The van der Waals surface area contributed by atoms with Crippen molar-refractivity contribution in [3.8, 4) is 0 Å². The van der Waals surface area contributed by atoms with Gasteiger partial charge < -0.3 is 10.2 Å². The Kier molecular flexibility index (Phi) is 5.48. The predicted octanol–water partition coefficient (Wildman–Crippen LogP) is 3.67. The topological polar surface area (TPSA) is 41.6 Å². The number of halogens is 1. The normalized spacial score (nSPS) is 17.5. The van der Waals surface area contributed by atoms with Crippen molar-refractivity contribution >= 4 is 34.2 Å². The Hall–Kier alpha value is -0.820. The summed E-state index contributed by atoms with van der Waals surface area (Å²) in [6.07, 6.45) is 1.95. The number of hydroxylamine groups is 2. The summed E-state index contributed by atoms with van der Waals surface area (Å²) in [5.74, 6) is -0.161. The first-order chi connectivity index (χ1) is 9.86. The molecule has 0 radical (unpaired) electrons. The Bertz CT molecular complexity index is 491. The van der Waals surface area contributed by atoms with Crippen LogP contribution in [-0.2, 0) is 9.63 Å². The molecule has 1 heterocycles. The van der Waals surface area contributed by atoms with E-state index in [0.29, 0.717) is 6.04 Å². The minimum Gasteiger partial charge on any atom is -0.381 e. The Morgan fingerprint density at radius 2 is 1.90 bits per heavy atom. The van der Waals surface area contributed by atoms with Gasteiger partial charge in [-0.3, -0.25) is 0 Å². The second-order valence-electron chi connectivity index (χ2n) is 6.46. The van der Waals surface area contributed by atoms with E-state index in [2.05, 4.69) is 40.0 Å². The molecule has 2 rings (SSSR count). The van der Waals surface area contributed by atoms with Crippen molar-refractivity contribution in [1.29, 1.82) is 0 Å². The Morgan fingerprint density at radius 3 is 2.48 bits per heavy atom. The van der Waals surface area contributed by atoms with Gasteiger partial charge in [0.15, 0.2) is 0 Å². The first-order valence-electron chi connectivity index (χ1n) is 7.34. The third-order valence-corrected chi connectivity index (χ3v) is 4.45. The SMILES string of the molecule is CC(C)(C)C(=O)ON1CCC(Nc2ccccc2I)CC1. The van der Waals surface area contributed by atoms with Crippen molar-refractivity contribution in [3.05, 3.63) is 27.8 Å².